The van der Waals surface area contributed by atoms with Crippen molar-refractivity contribution in [3.05, 3.63) is 95.3 Å². The summed E-state index contributed by atoms with van der Waals surface area (Å²) in [6, 6.07) is 22.8. The summed E-state index contributed by atoms with van der Waals surface area (Å²) in [4.78, 5) is 15.4. The first kappa shape index (κ1) is 21.8. The van der Waals surface area contributed by atoms with Crippen molar-refractivity contribution in [3.8, 4) is 0 Å². The Morgan fingerprint density at radius 2 is 1.77 bits per heavy atom. The van der Waals surface area contributed by atoms with E-state index in [2.05, 4.69) is 61.0 Å². The lowest BCUT2D eigenvalue weighted by Gasteiger charge is -2.27. The van der Waals surface area contributed by atoms with Crippen molar-refractivity contribution in [1.82, 2.24) is 9.47 Å². The minimum absolute atomic E-state index is 0.136. The lowest BCUT2D eigenvalue weighted by atomic mass is 9.95. The third-order valence-electron chi connectivity index (χ3n) is 5.54. The fourth-order valence-corrected chi connectivity index (χ4v) is 3.76. The Bertz CT molecular complexity index is 916. The standard InChI is InChI=1S/C26H32N2O2/c1-4-25(23-9-6-5-7-10-23)26(29)28(17-18-30-3)20-24-11-8-16-27(24)19-22-14-12-21(2)13-15-22/h5-16,25H,4,17-20H2,1-3H3/t25-/m0/s1. The number of carbonyl (C=O) groups excluding carboxylic acids is 1. The van der Waals surface area contributed by atoms with Gasteiger partial charge in [0, 0.05) is 32.1 Å². The monoisotopic (exact) mass is 404 g/mol. The Kier molecular flexibility index (Phi) is 7.86. The molecule has 0 unspecified atom stereocenters. The predicted molar refractivity (Wildman–Crippen MR) is 121 cm³/mol. The van der Waals surface area contributed by atoms with Crippen LogP contribution in [0.3, 0.4) is 0 Å². The number of nitrogens with zero attached hydrogens (tertiary/aromatic N) is 2. The number of hydrogen-bond donors (Lipinski definition) is 0. The topological polar surface area (TPSA) is 34.5 Å². The van der Waals surface area contributed by atoms with Crippen LogP contribution in [-0.2, 0) is 22.6 Å². The van der Waals surface area contributed by atoms with E-state index in [1.807, 2.05) is 35.2 Å². The number of rotatable bonds is 10. The summed E-state index contributed by atoms with van der Waals surface area (Å²) in [6.45, 7) is 6.64. The van der Waals surface area contributed by atoms with Crippen LogP contribution in [0, 0.1) is 6.92 Å². The minimum atomic E-state index is -0.136. The first-order chi connectivity index (χ1) is 14.6. The van der Waals surface area contributed by atoms with Crippen LogP contribution < -0.4 is 0 Å². The molecule has 3 aromatic rings. The molecule has 1 atom stereocenters. The number of carbonyl (C=O) groups is 1. The highest BCUT2D eigenvalue weighted by Gasteiger charge is 2.25. The maximum atomic E-state index is 13.5. The molecule has 2 aromatic carbocycles. The van der Waals surface area contributed by atoms with Gasteiger partial charge < -0.3 is 14.2 Å². The third-order valence-corrected chi connectivity index (χ3v) is 5.54. The first-order valence-corrected chi connectivity index (χ1v) is 10.6. The predicted octanol–water partition coefficient (Wildman–Crippen LogP) is 5.01. The Hall–Kier alpha value is -2.85. The summed E-state index contributed by atoms with van der Waals surface area (Å²) in [5.74, 6) is 0.0207. The van der Waals surface area contributed by atoms with E-state index in [9.17, 15) is 4.79 Å². The second-order valence-corrected chi connectivity index (χ2v) is 7.74. The van der Waals surface area contributed by atoms with Gasteiger partial charge >= 0.3 is 0 Å². The zero-order valence-corrected chi connectivity index (χ0v) is 18.3. The largest absolute Gasteiger partial charge is 0.383 e. The summed E-state index contributed by atoms with van der Waals surface area (Å²) in [6.07, 6.45) is 2.86. The molecule has 0 saturated carbocycles. The summed E-state index contributed by atoms with van der Waals surface area (Å²) in [5, 5.41) is 0. The average molecular weight is 405 g/mol. The molecular weight excluding hydrogens is 372 g/mol. The van der Waals surface area contributed by atoms with E-state index in [0.29, 0.717) is 19.7 Å². The van der Waals surface area contributed by atoms with E-state index >= 15 is 0 Å². The number of methoxy groups -OCH3 is 1. The molecule has 0 aliphatic carbocycles. The Morgan fingerprint density at radius 1 is 1.03 bits per heavy atom. The first-order valence-electron chi connectivity index (χ1n) is 10.6. The van der Waals surface area contributed by atoms with Gasteiger partial charge in [-0.3, -0.25) is 4.79 Å². The second kappa shape index (κ2) is 10.8. The van der Waals surface area contributed by atoms with Crippen LogP contribution in [0.5, 0.6) is 0 Å². The van der Waals surface area contributed by atoms with Gasteiger partial charge in [0.15, 0.2) is 0 Å². The summed E-state index contributed by atoms with van der Waals surface area (Å²) in [5.41, 5.74) is 4.71. The van der Waals surface area contributed by atoms with Crippen LogP contribution >= 0.6 is 0 Å². The molecule has 0 radical (unpaired) electrons. The number of aryl methyl sites for hydroxylation is 1. The smallest absolute Gasteiger partial charge is 0.230 e. The molecule has 1 aromatic heterocycles. The number of ether oxygens (including phenoxy) is 1. The van der Waals surface area contributed by atoms with E-state index in [4.69, 9.17) is 4.74 Å². The fourth-order valence-electron chi connectivity index (χ4n) is 3.76. The van der Waals surface area contributed by atoms with Gasteiger partial charge in [0.2, 0.25) is 5.91 Å². The summed E-state index contributed by atoms with van der Waals surface area (Å²) < 4.78 is 7.52. The zero-order valence-electron chi connectivity index (χ0n) is 18.3. The molecule has 0 saturated heterocycles. The number of benzene rings is 2. The van der Waals surface area contributed by atoms with E-state index in [0.717, 1.165) is 24.2 Å². The van der Waals surface area contributed by atoms with Gasteiger partial charge in [-0.15, -0.1) is 0 Å². The van der Waals surface area contributed by atoms with Crippen molar-refractivity contribution in [2.45, 2.75) is 39.3 Å². The molecule has 1 heterocycles. The molecule has 0 bridgehead atoms. The highest BCUT2D eigenvalue weighted by Crippen LogP contribution is 2.23. The van der Waals surface area contributed by atoms with Crippen LogP contribution in [0.25, 0.3) is 0 Å². The molecule has 158 valence electrons. The van der Waals surface area contributed by atoms with E-state index in [-0.39, 0.29) is 11.8 Å². The van der Waals surface area contributed by atoms with Gasteiger partial charge in [-0.2, -0.15) is 0 Å². The second-order valence-electron chi connectivity index (χ2n) is 7.74. The summed E-state index contributed by atoms with van der Waals surface area (Å²) in [7, 11) is 1.68. The third kappa shape index (κ3) is 5.61. The zero-order chi connectivity index (χ0) is 21.3. The molecular formula is C26H32N2O2. The fraction of sp³-hybridized carbons (Fsp3) is 0.346. The van der Waals surface area contributed by atoms with Gasteiger partial charge in [-0.25, -0.2) is 0 Å². The van der Waals surface area contributed by atoms with Crippen LogP contribution in [0.15, 0.2) is 72.9 Å². The molecule has 0 spiro atoms. The maximum Gasteiger partial charge on any atom is 0.230 e. The van der Waals surface area contributed by atoms with Crippen molar-refractivity contribution in [2.24, 2.45) is 0 Å². The normalized spacial score (nSPS) is 12.0. The van der Waals surface area contributed by atoms with Crippen LogP contribution in [-0.4, -0.2) is 35.6 Å². The molecule has 4 heteroatoms. The number of amides is 1. The van der Waals surface area contributed by atoms with E-state index < -0.39 is 0 Å². The Labute approximate surface area is 180 Å². The van der Waals surface area contributed by atoms with Gasteiger partial charge in [-0.05, 0) is 36.6 Å². The number of aromatic nitrogens is 1. The molecule has 4 nitrogen and oxygen atoms in total. The van der Waals surface area contributed by atoms with Crippen molar-refractivity contribution >= 4 is 5.91 Å². The van der Waals surface area contributed by atoms with Crippen molar-refractivity contribution in [2.75, 3.05) is 20.3 Å². The molecule has 0 aliphatic rings. The highest BCUT2D eigenvalue weighted by atomic mass is 16.5. The molecule has 0 N–H and O–H groups in total. The van der Waals surface area contributed by atoms with Gasteiger partial charge in [0.05, 0.1) is 19.1 Å². The lowest BCUT2D eigenvalue weighted by Crippen LogP contribution is -2.37. The molecule has 0 fully saturated rings. The quantitative estimate of drug-likeness (QED) is 0.476. The maximum absolute atomic E-state index is 13.5. The SMILES string of the molecule is CC[C@H](C(=O)N(CCOC)Cc1cccn1Cc1ccc(C)cc1)c1ccccc1. The molecule has 1 amide bonds. The van der Waals surface area contributed by atoms with Crippen molar-refractivity contribution in [3.63, 3.8) is 0 Å². The molecule has 3 rings (SSSR count). The average Bonchev–Trinajstić information content (AvgIpc) is 3.20. The highest BCUT2D eigenvalue weighted by molar-refractivity contribution is 5.83. The van der Waals surface area contributed by atoms with Gasteiger partial charge in [0.1, 0.15) is 0 Å². The summed E-state index contributed by atoms with van der Waals surface area (Å²) >= 11 is 0. The minimum Gasteiger partial charge on any atom is -0.383 e. The van der Waals surface area contributed by atoms with Gasteiger partial charge in [0.25, 0.3) is 0 Å². The van der Waals surface area contributed by atoms with E-state index in [1.165, 1.54) is 11.1 Å². The van der Waals surface area contributed by atoms with Crippen LogP contribution in [0.1, 0.15) is 41.6 Å². The van der Waals surface area contributed by atoms with Crippen molar-refractivity contribution < 1.29 is 9.53 Å². The molecule has 30 heavy (non-hydrogen) atoms. The molecule has 0 aliphatic heterocycles. The van der Waals surface area contributed by atoms with E-state index in [1.54, 1.807) is 7.11 Å². The Balaban J connectivity index is 1.79. The van der Waals surface area contributed by atoms with Crippen molar-refractivity contribution in [1.29, 1.82) is 0 Å². The number of hydrogen-bond acceptors (Lipinski definition) is 2. The lowest BCUT2D eigenvalue weighted by molar-refractivity contribution is -0.134. The van der Waals surface area contributed by atoms with Crippen LogP contribution in [0.2, 0.25) is 0 Å². The van der Waals surface area contributed by atoms with Crippen LogP contribution in [0.4, 0.5) is 0 Å². The Morgan fingerprint density at radius 3 is 2.43 bits per heavy atom. The van der Waals surface area contributed by atoms with Gasteiger partial charge in [-0.1, -0.05) is 67.1 Å².